The molecule has 0 aromatic carbocycles. The SMILES string of the molecule is CC(C)CCOC(=O)C(=O)Cl. The largest absolute Gasteiger partial charge is 0.459 e. The molecule has 0 aliphatic heterocycles. The van der Waals surface area contributed by atoms with E-state index < -0.39 is 11.2 Å². The predicted molar refractivity (Wildman–Crippen MR) is 41.3 cm³/mol. The third-order valence-corrected chi connectivity index (χ3v) is 1.24. The van der Waals surface area contributed by atoms with E-state index in [2.05, 4.69) is 4.74 Å². The highest BCUT2D eigenvalue weighted by molar-refractivity contribution is 6.80. The number of halogens is 1. The molecule has 0 saturated carbocycles. The van der Waals surface area contributed by atoms with Crippen molar-refractivity contribution in [1.82, 2.24) is 0 Å². The topological polar surface area (TPSA) is 43.4 Å². The molecule has 0 spiro atoms. The third-order valence-electron chi connectivity index (χ3n) is 1.09. The molecule has 64 valence electrons. The smallest absolute Gasteiger partial charge is 0.391 e. The Balaban J connectivity index is 3.40. The lowest BCUT2D eigenvalue weighted by atomic mass is 10.1. The van der Waals surface area contributed by atoms with E-state index in [0.717, 1.165) is 6.42 Å². The van der Waals surface area contributed by atoms with Crippen LogP contribution < -0.4 is 0 Å². The molecule has 0 rings (SSSR count). The number of carbonyl (C=O) groups excluding carboxylic acids is 2. The maximum absolute atomic E-state index is 10.4. The number of ether oxygens (including phenoxy) is 1. The Labute approximate surface area is 70.7 Å². The summed E-state index contributed by atoms with van der Waals surface area (Å²) in [6, 6.07) is 0. The average Bonchev–Trinajstić information content (AvgIpc) is 1.86. The zero-order valence-electron chi connectivity index (χ0n) is 6.59. The summed E-state index contributed by atoms with van der Waals surface area (Å²) in [5.74, 6) is -0.513. The maximum Gasteiger partial charge on any atom is 0.391 e. The van der Waals surface area contributed by atoms with E-state index in [-0.39, 0.29) is 6.61 Å². The summed E-state index contributed by atoms with van der Waals surface area (Å²) >= 11 is 4.83. The van der Waals surface area contributed by atoms with Crippen LogP contribution in [0.5, 0.6) is 0 Å². The highest BCUT2D eigenvalue weighted by atomic mass is 35.5. The number of esters is 1. The molecule has 0 fully saturated rings. The Kier molecular flexibility index (Phi) is 4.86. The summed E-state index contributed by atoms with van der Waals surface area (Å²) in [4.78, 5) is 20.5. The van der Waals surface area contributed by atoms with Crippen LogP contribution in [0, 0.1) is 5.92 Å². The lowest BCUT2D eigenvalue weighted by molar-refractivity contribution is -0.150. The second-order valence-corrected chi connectivity index (χ2v) is 2.94. The molecule has 0 radical (unpaired) electrons. The van der Waals surface area contributed by atoms with E-state index >= 15 is 0 Å². The van der Waals surface area contributed by atoms with E-state index in [9.17, 15) is 9.59 Å². The third kappa shape index (κ3) is 5.85. The van der Waals surface area contributed by atoms with E-state index in [0.29, 0.717) is 5.92 Å². The van der Waals surface area contributed by atoms with Crippen molar-refractivity contribution in [3.8, 4) is 0 Å². The Bertz CT molecular complexity index is 154. The summed E-state index contributed by atoms with van der Waals surface area (Å²) in [5.41, 5.74) is 0. The zero-order valence-corrected chi connectivity index (χ0v) is 7.35. The Hall–Kier alpha value is -0.570. The molecule has 0 amide bonds. The first-order valence-corrected chi connectivity index (χ1v) is 3.78. The van der Waals surface area contributed by atoms with Gasteiger partial charge in [-0.1, -0.05) is 13.8 Å². The lowest BCUT2D eigenvalue weighted by Gasteiger charge is -2.03. The van der Waals surface area contributed by atoms with Gasteiger partial charge in [-0.25, -0.2) is 4.79 Å². The van der Waals surface area contributed by atoms with Crippen molar-refractivity contribution < 1.29 is 14.3 Å². The number of rotatable bonds is 4. The minimum atomic E-state index is -1.06. The van der Waals surface area contributed by atoms with Gasteiger partial charge >= 0.3 is 11.2 Å². The minimum Gasteiger partial charge on any atom is -0.459 e. The monoisotopic (exact) mass is 178 g/mol. The van der Waals surface area contributed by atoms with Gasteiger partial charge < -0.3 is 4.74 Å². The van der Waals surface area contributed by atoms with E-state index in [4.69, 9.17) is 11.6 Å². The molecule has 0 heterocycles. The lowest BCUT2D eigenvalue weighted by Crippen LogP contribution is -2.13. The predicted octanol–water partition coefficient (Wildman–Crippen LogP) is 1.34. The van der Waals surface area contributed by atoms with Gasteiger partial charge in [-0.15, -0.1) is 0 Å². The fraction of sp³-hybridized carbons (Fsp3) is 0.714. The molecule has 0 aliphatic rings. The van der Waals surface area contributed by atoms with Crippen molar-refractivity contribution in [2.45, 2.75) is 20.3 Å². The van der Waals surface area contributed by atoms with Crippen molar-refractivity contribution in [3.63, 3.8) is 0 Å². The molecule has 4 heteroatoms. The van der Waals surface area contributed by atoms with Gasteiger partial charge in [0.1, 0.15) is 0 Å². The molecular weight excluding hydrogens is 168 g/mol. The van der Waals surface area contributed by atoms with Crippen molar-refractivity contribution in [3.05, 3.63) is 0 Å². The van der Waals surface area contributed by atoms with E-state index in [1.807, 2.05) is 13.8 Å². The number of hydrogen-bond donors (Lipinski definition) is 0. The summed E-state index contributed by atoms with van der Waals surface area (Å²) < 4.78 is 4.49. The molecular formula is C7H11ClO3. The first kappa shape index (κ1) is 10.4. The van der Waals surface area contributed by atoms with Crippen LogP contribution in [0.15, 0.2) is 0 Å². The van der Waals surface area contributed by atoms with Crippen molar-refractivity contribution in [2.24, 2.45) is 5.92 Å². The normalized spacial score (nSPS) is 9.82. The van der Waals surface area contributed by atoms with Crippen LogP contribution in [0.25, 0.3) is 0 Å². The van der Waals surface area contributed by atoms with E-state index in [1.54, 1.807) is 0 Å². The molecule has 0 bridgehead atoms. The van der Waals surface area contributed by atoms with Crippen molar-refractivity contribution >= 4 is 22.8 Å². The number of carbonyl (C=O) groups is 2. The van der Waals surface area contributed by atoms with Gasteiger partial charge in [0.05, 0.1) is 6.61 Å². The fourth-order valence-electron chi connectivity index (χ4n) is 0.444. The van der Waals surface area contributed by atoms with Crippen LogP contribution in [0.1, 0.15) is 20.3 Å². The van der Waals surface area contributed by atoms with Gasteiger partial charge in [0.25, 0.3) is 0 Å². The Morgan fingerprint density at radius 3 is 2.36 bits per heavy atom. The molecule has 3 nitrogen and oxygen atoms in total. The van der Waals surface area contributed by atoms with Crippen molar-refractivity contribution in [1.29, 1.82) is 0 Å². The standard InChI is InChI=1S/C7H11ClO3/c1-5(2)3-4-11-7(10)6(8)9/h5H,3-4H2,1-2H3. The number of hydrogen-bond acceptors (Lipinski definition) is 3. The summed E-state index contributed by atoms with van der Waals surface area (Å²) in [5, 5.41) is -1.06. The first-order valence-electron chi connectivity index (χ1n) is 3.40. The maximum atomic E-state index is 10.4. The molecule has 0 saturated heterocycles. The van der Waals surface area contributed by atoms with Gasteiger partial charge in [0.2, 0.25) is 0 Å². The molecule has 0 aliphatic carbocycles. The van der Waals surface area contributed by atoms with Crippen molar-refractivity contribution in [2.75, 3.05) is 6.61 Å². The van der Waals surface area contributed by atoms with Crippen LogP contribution in [0.3, 0.4) is 0 Å². The van der Waals surface area contributed by atoms with Crippen LogP contribution in [-0.4, -0.2) is 17.8 Å². The zero-order chi connectivity index (χ0) is 8.85. The first-order chi connectivity index (χ1) is 5.04. The van der Waals surface area contributed by atoms with Gasteiger partial charge in [-0.3, -0.25) is 4.79 Å². The van der Waals surface area contributed by atoms with Gasteiger partial charge in [-0.2, -0.15) is 0 Å². The minimum absolute atomic E-state index is 0.259. The second kappa shape index (κ2) is 5.13. The quantitative estimate of drug-likeness (QED) is 0.371. The molecule has 0 N–H and O–H groups in total. The molecule has 0 unspecified atom stereocenters. The fourth-order valence-corrected chi connectivity index (χ4v) is 0.499. The van der Waals surface area contributed by atoms with E-state index in [1.165, 1.54) is 0 Å². The average molecular weight is 179 g/mol. The van der Waals surface area contributed by atoms with Crippen LogP contribution >= 0.6 is 11.6 Å². The van der Waals surface area contributed by atoms with Gasteiger partial charge in [0, 0.05) is 0 Å². The highest BCUT2D eigenvalue weighted by Gasteiger charge is 2.10. The summed E-state index contributed by atoms with van der Waals surface area (Å²) in [7, 11) is 0. The molecule has 11 heavy (non-hydrogen) atoms. The Morgan fingerprint density at radius 2 is 2.00 bits per heavy atom. The van der Waals surface area contributed by atoms with Gasteiger partial charge in [0.15, 0.2) is 0 Å². The van der Waals surface area contributed by atoms with Crippen LogP contribution in [-0.2, 0) is 14.3 Å². The van der Waals surface area contributed by atoms with Gasteiger partial charge in [-0.05, 0) is 23.9 Å². The summed E-state index contributed by atoms with van der Waals surface area (Å²) in [6.07, 6.45) is 0.746. The Morgan fingerprint density at radius 1 is 1.45 bits per heavy atom. The second-order valence-electron chi connectivity index (χ2n) is 2.59. The van der Waals surface area contributed by atoms with Crippen LogP contribution in [0.2, 0.25) is 0 Å². The molecule has 0 aromatic rings. The highest BCUT2D eigenvalue weighted by Crippen LogP contribution is 1.99. The summed E-state index contributed by atoms with van der Waals surface area (Å²) in [6.45, 7) is 4.25. The molecule has 0 aromatic heterocycles. The van der Waals surface area contributed by atoms with Crippen LogP contribution in [0.4, 0.5) is 0 Å². The molecule has 0 atom stereocenters.